The Morgan fingerprint density at radius 3 is 1.67 bits per heavy atom. The van der Waals surface area contributed by atoms with Crippen LogP contribution >= 0.6 is 0 Å². The number of ether oxygens (including phenoxy) is 1. The van der Waals surface area contributed by atoms with Gasteiger partial charge in [-0.1, -0.05) is 64.1 Å². The van der Waals surface area contributed by atoms with Gasteiger partial charge in [-0.3, -0.25) is 0 Å². The van der Waals surface area contributed by atoms with Gasteiger partial charge in [0.1, 0.15) is 0 Å². The van der Waals surface area contributed by atoms with Gasteiger partial charge >= 0.3 is 0 Å². The van der Waals surface area contributed by atoms with Gasteiger partial charge in [-0.25, -0.2) is 0 Å². The third-order valence-electron chi connectivity index (χ3n) is 2.88. The lowest BCUT2D eigenvalue weighted by Crippen LogP contribution is -1.97. The minimum absolute atomic E-state index is 0.262. The zero-order valence-corrected chi connectivity index (χ0v) is 12.2. The van der Waals surface area contributed by atoms with E-state index in [1.54, 1.807) is 13.2 Å². The Labute approximate surface area is 98.2 Å². The summed E-state index contributed by atoms with van der Waals surface area (Å²) in [4.78, 5) is 0. The Kier molecular flexibility index (Phi) is 12.4. The van der Waals surface area contributed by atoms with Crippen molar-refractivity contribution < 1.29 is 4.74 Å². The van der Waals surface area contributed by atoms with Gasteiger partial charge in [-0.2, -0.15) is 0 Å². The van der Waals surface area contributed by atoms with Crippen LogP contribution in [0.1, 0.15) is 51.4 Å². The van der Waals surface area contributed by atoms with Gasteiger partial charge in [-0.15, -0.1) is 0 Å². The number of hydrogen-bond acceptors (Lipinski definition) is 1. The topological polar surface area (TPSA) is 9.23 Å². The maximum absolute atomic E-state index is 5.03. The molecule has 0 saturated heterocycles. The summed E-state index contributed by atoms with van der Waals surface area (Å²) in [5.41, 5.74) is 0. The van der Waals surface area contributed by atoms with E-state index in [4.69, 9.17) is 4.74 Å². The van der Waals surface area contributed by atoms with Crippen LogP contribution < -0.4 is 0 Å². The molecule has 0 aromatic carbocycles. The van der Waals surface area contributed by atoms with Crippen LogP contribution in [0, 0.1) is 0 Å². The molecule has 0 aliphatic rings. The Morgan fingerprint density at radius 1 is 0.733 bits per heavy atom. The molecule has 0 aliphatic heterocycles. The third kappa shape index (κ3) is 14.2. The van der Waals surface area contributed by atoms with E-state index in [1.165, 1.54) is 51.4 Å². The summed E-state index contributed by atoms with van der Waals surface area (Å²) in [6.07, 6.45) is 11.3. The van der Waals surface area contributed by atoms with Crippen LogP contribution in [0.2, 0.25) is 19.1 Å². The summed E-state index contributed by atoms with van der Waals surface area (Å²) in [5.74, 6) is 0. The van der Waals surface area contributed by atoms with Gasteiger partial charge in [0.15, 0.2) is 0 Å². The second-order valence-electron chi connectivity index (χ2n) is 5.00. The van der Waals surface area contributed by atoms with Gasteiger partial charge < -0.3 is 4.74 Å². The molecular formula is C13H30OSi. The molecule has 0 radical (unpaired) electrons. The van der Waals surface area contributed by atoms with Crippen LogP contribution in [-0.2, 0) is 4.74 Å². The first kappa shape index (κ1) is 15.2. The summed E-state index contributed by atoms with van der Waals surface area (Å²) < 4.78 is 5.03. The molecule has 15 heavy (non-hydrogen) atoms. The molecule has 0 saturated carbocycles. The van der Waals surface area contributed by atoms with Gasteiger partial charge in [0.05, 0.1) is 0 Å². The Morgan fingerprint density at radius 2 is 1.20 bits per heavy atom. The van der Waals surface area contributed by atoms with E-state index < -0.39 is 0 Å². The van der Waals surface area contributed by atoms with Crippen molar-refractivity contribution in [2.75, 3.05) is 13.7 Å². The van der Waals surface area contributed by atoms with E-state index in [2.05, 4.69) is 13.1 Å². The Hall–Kier alpha value is 0.177. The summed E-state index contributed by atoms with van der Waals surface area (Å²) in [5, 5.41) is 0. The Bertz CT molecular complexity index is 115. The fourth-order valence-corrected chi connectivity index (χ4v) is 2.96. The van der Waals surface area contributed by atoms with E-state index in [-0.39, 0.29) is 8.80 Å². The summed E-state index contributed by atoms with van der Waals surface area (Å²) in [6, 6.07) is 1.55. The van der Waals surface area contributed by atoms with Crippen molar-refractivity contribution in [2.45, 2.75) is 70.5 Å². The lowest BCUT2D eigenvalue weighted by atomic mass is 10.1. The minimum Gasteiger partial charge on any atom is -0.385 e. The largest absolute Gasteiger partial charge is 0.385 e. The van der Waals surface area contributed by atoms with Crippen LogP contribution in [0.25, 0.3) is 0 Å². The molecule has 0 spiro atoms. The van der Waals surface area contributed by atoms with Crippen LogP contribution in [0.5, 0.6) is 0 Å². The van der Waals surface area contributed by atoms with Crippen molar-refractivity contribution in [3.05, 3.63) is 0 Å². The molecule has 2 heteroatoms. The molecule has 0 amide bonds. The molecule has 1 nitrogen and oxygen atoms in total. The quantitative estimate of drug-likeness (QED) is 0.381. The molecule has 0 fully saturated rings. The first-order chi connectivity index (χ1) is 7.27. The van der Waals surface area contributed by atoms with E-state index >= 15 is 0 Å². The predicted octanol–water partition coefficient (Wildman–Crippen LogP) is 4.24. The minimum atomic E-state index is -0.262. The zero-order chi connectivity index (χ0) is 11.4. The van der Waals surface area contributed by atoms with Gasteiger partial charge in [0.2, 0.25) is 0 Å². The molecule has 0 rings (SSSR count). The average molecular weight is 230 g/mol. The smallest absolute Gasteiger partial charge is 0.0462 e. The summed E-state index contributed by atoms with van der Waals surface area (Å²) in [6.45, 7) is 5.85. The highest BCUT2D eigenvalue weighted by atomic mass is 28.3. The first-order valence-electron chi connectivity index (χ1n) is 6.76. The van der Waals surface area contributed by atoms with Crippen molar-refractivity contribution >= 4 is 8.80 Å². The van der Waals surface area contributed by atoms with Crippen LogP contribution in [-0.4, -0.2) is 22.5 Å². The highest BCUT2D eigenvalue weighted by Gasteiger charge is 1.95. The lowest BCUT2D eigenvalue weighted by molar-refractivity contribution is 0.192. The van der Waals surface area contributed by atoms with Gasteiger partial charge in [0, 0.05) is 22.5 Å². The second kappa shape index (κ2) is 12.2. The van der Waals surface area contributed by atoms with Crippen molar-refractivity contribution in [3.8, 4) is 0 Å². The van der Waals surface area contributed by atoms with Crippen LogP contribution in [0.3, 0.4) is 0 Å². The molecule has 0 aromatic rings. The summed E-state index contributed by atoms with van der Waals surface area (Å²) >= 11 is 0. The zero-order valence-electron chi connectivity index (χ0n) is 11.1. The summed E-state index contributed by atoms with van der Waals surface area (Å²) in [7, 11) is 1.53. The van der Waals surface area contributed by atoms with Crippen molar-refractivity contribution in [3.63, 3.8) is 0 Å². The number of unbranched alkanes of at least 4 members (excludes halogenated alkanes) is 7. The standard InChI is InChI=1S/C13H30OSi/c1-14-12-10-8-6-4-5-7-9-11-13-15(2)3/h15H,4-13H2,1-3H3. The molecule has 0 bridgehead atoms. The molecule has 92 valence electrons. The van der Waals surface area contributed by atoms with E-state index in [1.807, 2.05) is 0 Å². The van der Waals surface area contributed by atoms with E-state index in [9.17, 15) is 0 Å². The fourth-order valence-electron chi connectivity index (χ4n) is 1.86. The maximum atomic E-state index is 5.03. The highest BCUT2D eigenvalue weighted by Crippen LogP contribution is 2.10. The molecular weight excluding hydrogens is 200 g/mol. The molecule has 0 aromatic heterocycles. The van der Waals surface area contributed by atoms with Crippen molar-refractivity contribution in [2.24, 2.45) is 0 Å². The highest BCUT2D eigenvalue weighted by molar-refractivity contribution is 6.55. The van der Waals surface area contributed by atoms with Crippen molar-refractivity contribution in [1.82, 2.24) is 0 Å². The third-order valence-corrected chi connectivity index (χ3v) is 4.44. The van der Waals surface area contributed by atoms with Gasteiger partial charge in [-0.05, 0) is 6.42 Å². The molecule has 0 heterocycles. The maximum Gasteiger partial charge on any atom is 0.0462 e. The first-order valence-corrected chi connectivity index (χ1v) is 9.89. The van der Waals surface area contributed by atoms with Gasteiger partial charge in [0.25, 0.3) is 0 Å². The van der Waals surface area contributed by atoms with E-state index in [0.29, 0.717) is 0 Å². The molecule has 0 aliphatic carbocycles. The average Bonchev–Trinajstić information content (AvgIpc) is 2.20. The second-order valence-corrected chi connectivity index (χ2v) is 8.37. The normalized spacial score (nSPS) is 11.2. The Balaban J connectivity index is 2.87. The van der Waals surface area contributed by atoms with Crippen LogP contribution in [0.4, 0.5) is 0 Å². The predicted molar refractivity (Wildman–Crippen MR) is 72.5 cm³/mol. The number of hydrogen-bond donors (Lipinski definition) is 0. The molecule has 0 N–H and O–H groups in total. The van der Waals surface area contributed by atoms with Crippen LogP contribution in [0.15, 0.2) is 0 Å². The molecule has 0 unspecified atom stereocenters. The lowest BCUT2D eigenvalue weighted by Gasteiger charge is -2.03. The SMILES string of the molecule is COCCCCCCCCCC[SiH](C)C. The van der Waals surface area contributed by atoms with Crippen molar-refractivity contribution in [1.29, 1.82) is 0 Å². The number of methoxy groups -OCH3 is 1. The monoisotopic (exact) mass is 230 g/mol. The number of rotatable bonds is 11. The fraction of sp³-hybridized carbons (Fsp3) is 1.00. The van der Waals surface area contributed by atoms with E-state index in [0.717, 1.165) is 6.61 Å². The molecule has 0 atom stereocenters.